The SMILES string of the molecule is Cc1nc2c(OCc3c(Cl)ccc(N(C)C(=O)CN)c3C)cccn2c1Br. The molecule has 1 amide bonds. The van der Waals surface area contributed by atoms with Crippen molar-refractivity contribution in [1.82, 2.24) is 9.38 Å². The fourth-order valence-corrected chi connectivity index (χ4v) is 3.55. The first-order valence-electron chi connectivity index (χ1n) is 8.35. The number of aromatic nitrogens is 2. The van der Waals surface area contributed by atoms with Crippen molar-refractivity contribution in [3.05, 3.63) is 56.9 Å². The Balaban J connectivity index is 1.93. The monoisotopic (exact) mass is 450 g/mol. The van der Waals surface area contributed by atoms with Gasteiger partial charge in [0.05, 0.1) is 12.2 Å². The number of pyridine rings is 1. The molecule has 0 saturated carbocycles. The molecule has 0 saturated heterocycles. The first kappa shape index (κ1) is 19.7. The minimum Gasteiger partial charge on any atom is -0.485 e. The van der Waals surface area contributed by atoms with Crippen molar-refractivity contribution in [2.75, 3.05) is 18.5 Å². The topological polar surface area (TPSA) is 72.9 Å². The van der Waals surface area contributed by atoms with Crippen LogP contribution in [0.15, 0.2) is 35.1 Å². The van der Waals surface area contributed by atoms with Gasteiger partial charge in [-0.3, -0.25) is 9.20 Å². The van der Waals surface area contributed by atoms with E-state index in [0.717, 1.165) is 32.8 Å². The molecule has 0 aliphatic heterocycles. The zero-order chi connectivity index (χ0) is 19.7. The zero-order valence-electron chi connectivity index (χ0n) is 15.3. The number of halogens is 2. The second kappa shape index (κ2) is 7.88. The first-order valence-corrected chi connectivity index (χ1v) is 9.52. The van der Waals surface area contributed by atoms with Gasteiger partial charge in [0.1, 0.15) is 11.2 Å². The third-order valence-corrected chi connectivity index (χ3v) is 5.82. The molecule has 27 heavy (non-hydrogen) atoms. The van der Waals surface area contributed by atoms with Crippen molar-refractivity contribution < 1.29 is 9.53 Å². The summed E-state index contributed by atoms with van der Waals surface area (Å²) in [6, 6.07) is 7.34. The van der Waals surface area contributed by atoms with Crippen LogP contribution >= 0.6 is 27.5 Å². The summed E-state index contributed by atoms with van der Waals surface area (Å²) < 4.78 is 8.85. The number of anilines is 1. The third-order valence-electron chi connectivity index (χ3n) is 4.51. The van der Waals surface area contributed by atoms with Crippen molar-refractivity contribution in [2.45, 2.75) is 20.5 Å². The molecule has 0 unspecified atom stereocenters. The number of likely N-dealkylation sites (N-methyl/N-ethyl adjacent to an activating group) is 1. The summed E-state index contributed by atoms with van der Waals surface area (Å²) in [4.78, 5) is 18.0. The van der Waals surface area contributed by atoms with Gasteiger partial charge in [-0.15, -0.1) is 0 Å². The highest BCUT2D eigenvalue weighted by Gasteiger charge is 2.17. The van der Waals surface area contributed by atoms with Crippen molar-refractivity contribution in [2.24, 2.45) is 5.73 Å². The average molecular weight is 452 g/mol. The number of carbonyl (C=O) groups is 1. The van der Waals surface area contributed by atoms with E-state index in [4.69, 9.17) is 22.1 Å². The second-order valence-electron chi connectivity index (χ2n) is 6.17. The zero-order valence-corrected chi connectivity index (χ0v) is 17.6. The Labute approximate surface area is 171 Å². The maximum Gasteiger partial charge on any atom is 0.240 e. The number of rotatable bonds is 5. The Kier molecular flexibility index (Phi) is 5.74. The van der Waals surface area contributed by atoms with E-state index in [9.17, 15) is 4.79 Å². The Bertz CT molecular complexity index is 1020. The summed E-state index contributed by atoms with van der Waals surface area (Å²) in [5.74, 6) is 0.480. The highest BCUT2D eigenvalue weighted by molar-refractivity contribution is 9.10. The second-order valence-corrected chi connectivity index (χ2v) is 7.33. The van der Waals surface area contributed by atoms with Gasteiger partial charge in [0.25, 0.3) is 0 Å². The van der Waals surface area contributed by atoms with Crippen molar-refractivity contribution in [3.63, 3.8) is 0 Å². The molecule has 0 spiro atoms. The summed E-state index contributed by atoms with van der Waals surface area (Å²) >= 11 is 9.92. The quantitative estimate of drug-likeness (QED) is 0.639. The molecule has 142 valence electrons. The molecule has 0 aliphatic carbocycles. The molecule has 3 aromatic rings. The van der Waals surface area contributed by atoms with Crippen LogP contribution in [-0.4, -0.2) is 28.9 Å². The van der Waals surface area contributed by atoms with E-state index in [2.05, 4.69) is 20.9 Å². The lowest BCUT2D eigenvalue weighted by Crippen LogP contribution is -2.33. The van der Waals surface area contributed by atoms with Crippen LogP contribution in [0.2, 0.25) is 5.02 Å². The minimum absolute atomic E-state index is 0.0551. The number of hydrogen-bond donors (Lipinski definition) is 1. The lowest BCUT2D eigenvalue weighted by Gasteiger charge is -2.21. The molecule has 2 N–H and O–H groups in total. The van der Waals surface area contributed by atoms with E-state index in [1.54, 1.807) is 13.1 Å². The Morgan fingerprint density at radius 3 is 2.81 bits per heavy atom. The number of nitrogens with two attached hydrogens (primary N) is 1. The normalized spacial score (nSPS) is 11.0. The smallest absolute Gasteiger partial charge is 0.240 e. The standard InChI is InChI=1S/C19H20BrClN4O2/c1-11-13(14(21)6-7-15(11)24(3)17(26)9-22)10-27-16-5-4-8-25-18(20)12(2)23-19(16)25/h4-8H,9-10,22H2,1-3H3. The maximum absolute atomic E-state index is 11.9. The van der Waals surface area contributed by atoms with E-state index < -0.39 is 0 Å². The van der Waals surface area contributed by atoms with Gasteiger partial charge in [0.15, 0.2) is 11.4 Å². The summed E-state index contributed by atoms with van der Waals surface area (Å²) in [6.45, 7) is 4.04. The first-order chi connectivity index (χ1) is 12.8. The van der Waals surface area contributed by atoms with E-state index in [-0.39, 0.29) is 19.1 Å². The third kappa shape index (κ3) is 3.67. The van der Waals surface area contributed by atoms with Gasteiger partial charge >= 0.3 is 0 Å². The van der Waals surface area contributed by atoms with Crippen LogP contribution in [0, 0.1) is 13.8 Å². The Morgan fingerprint density at radius 1 is 1.37 bits per heavy atom. The Hall–Kier alpha value is -2.09. The van der Waals surface area contributed by atoms with Crippen LogP contribution in [-0.2, 0) is 11.4 Å². The summed E-state index contributed by atoms with van der Waals surface area (Å²) in [5, 5.41) is 0.581. The summed E-state index contributed by atoms with van der Waals surface area (Å²) in [6.07, 6.45) is 1.92. The highest BCUT2D eigenvalue weighted by atomic mass is 79.9. The van der Waals surface area contributed by atoms with E-state index >= 15 is 0 Å². The molecule has 1 aromatic carbocycles. The number of imidazole rings is 1. The molecule has 2 heterocycles. The molecular formula is C19H20BrClN4O2. The van der Waals surface area contributed by atoms with Gasteiger partial charge in [-0.2, -0.15) is 0 Å². The van der Waals surface area contributed by atoms with E-state index in [0.29, 0.717) is 10.8 Å². The van der Waals surface area contributed by atoms with Gasteiger partial charge in [-0.25, -0.2) is 4.98 Å². The maximum atomic E-state index is 11.9. The van der Waals surface area contributed by atoms with Crippen LogP contribution < -0.4 is 15.4 Å². The van der Waals surface area contributed by atoms with Crippen LogP contribution in [0.4, 0.5) is 5.69 Å². The van der Waals surface area contributed by atoms with Gasteiger partial charge in [0, 0.05) is 29.5 Å². The number of benzene rings is 1. The van der Waals surface area contributed by atoms with Gasteiger partial charge in [-0.05, 0) is 59.6 Å². The largest absolute Gasteiger partial charge is 0.485 e. The molecule has 0 fully saturated rings. The fourth-order valence-electron chi connectivity index (χ4n) is 2.91. The Morgan fingerprint density at radius 2 is 2.11 bits per heavy atom. The number of aryl methyl sites for hydroxylation is 1. The molecule has 0 bridgehead atoms. The predicted octanol–water partition coefficient (Wildman–Crippen LogP) is 3.87. The molecule has 2 aromatic heterocycles. The fraction of sp³-hybridized carbons (Fsp3) is 0.263. The molecule has 0 atom stereocenters. The number of fused-ring (bicyclic) bond motifs is 1. The molecule has 8 heteroatoms. The van der Waals surface area contributed by atoms with Crippen LogP contribution in [0.1, 0.15) is 16.8 Å². The van der Waals surface area contributed by atoms with Gasteiger partial charge in [-0.1, -0.05) is 11.6 Å². The number of ether oxygens (including phenoxy) is 1. The minimum atomic E-state index is -0.172. The average Bonchev–Trinajstić information content (AvgIpc) is 2.95. The highest BCUT2D eigenvalue weighted by Crippen LogP contribution is 2.31. The van der Waals surface area contributed by atoms with Crippen molar-refractivity contribution in [1.29, 1.82) is 0 Å². The van der Waals surface area contributed by atoms with Crippen molar-refractivity contribution in [3.8, 4) is 5.75 Å². The summed E-state index contributed by atoms with van der Waals surface area (Å²) in [5.41, 5.74) is 9.52. The van der Waals surface area contributed by atoms with Crippen LogP contribution in [0.5, 0.6) is 5.75 Å². The predicted molar refractivity (Wildman–Crippen MR) is 111 cm³/mol. The van der Waals surface area contributed by atoms with Crippen LogP contribution in [0.3, 0.4) is 0 Å². The van der Waals surface area contributed by atoms with E-state index in [1.165, 1.54) is 4.90 Å². The number of nitrogens with zero attached hydrogens (tertiary/aromatic N) is 3. The van der Waals surface area contributed by atoms with E-state index in [1.807, 2.05) is 42.6 Å². The molecule has 0 aliphatic rings. The lowest BCUT2D eigenvalue weighted by molar-refractivity contribution is -0.117. The van der Waals surface area contributed by atoms with Gasteiger partial charge < -0.3 is 15.4 Å². The molecular weight excluding hydrogens is 432 g/mol. The number of carbonyl (C=O) groups excluding carboxylic acids is 1. The number of hydrogen-bond acceptors (Lipinski definition) is 4. The number of amides is 1. The summed E-state index contributed by atoms with van der Waals surface area (Å²) in [7, 11) is 1.70. The van der Waals surface area contributed by atoms with Crippen molar-refractivity contribution >= 4 is 44.8 Å². The molecule has 6 nitrogen and oxygen atoms in total. The van der Waals surface area contributed by atoms with Gasteiger partial charge in [0.2, 0.25) is 5.91 Å². The lowest BCUT2D eigenvalue weighted by atomic mass is 10.1. The molecule has 3 rings (SSSR count). The molecule has 0 radical (unpaired) electrons. The van der Waals surface area contributed by atoms with Crippen LogP contribution in [0.25, 0.3) is 5.65 Å².